The van der Waals surface area contributed by atoms with Gasteiger partial charge in [-0.05, 0) is 44.2 Å². The van der Waals surface area contributed by atoms with Gasteiger partial charge in [0.1, 0.15) is 5.69 Å². The first-order valence-corrected chi connectivity index (χ1v) is 8.40. The van der Waals surface area contributed by atoms with Gasteiger partial charge in [-0.15, -0.1) is 0 Å². The first kappa shape index (κ1) is 14.3. The fourth-order valence-electron chi connectivity index (χ4n) is 3.48. The summed E-state index contributed by atoms with van der Waals surface area (Å²) in [6.07, 6.45) is 11.4. The van der Waals surface area contributed by atoms with E-state index in [0.717, 1.165) is 35.4 Å². The molecule has 4 aromatic heterocycles. The highest BCUT2D eigenvalue weighted by atomic mass is 16.5. The number of fused-ring (bicyclic) bond motifs is 2. The van der Waals surface area contributed by atoms with Crippen molar-refractivity contribution in [3.63, 3.8) is 0 Å². The van der Waals surface area contributed by atoms with Crippen LogP contribution >= 0.6 is 0 Å². The standard InChI is InChI=1S/C18H16N6O/c1-11-8-13(12-4-2-3-5-14(12)21-11)18-22-17(23-25-18)15-9-20-16-10-19-6-7-24(15)16/h6-10H,2-5H2,1H3. The molecule has 0 radical (unpaired) electrons. The van der Waals surface area contributed by atoms with Gasteiger partial charge in [0.25, 0.3) is 5.89 Å². The number of imidazole rings is 1. The van der Waals surface area contributed by atoms with Crippen LogP contribution in [0.25, 0.3) is 28.6 Å². The first-order chi connectivity index (χ1) is 12.3. The Morgan fingerprint density at radius 3 is 3.00 bits per heavy atom. The number of nitrogens with zero attached hydrogens (tertiary/aromatic N) is 6. The maximum absolute atomic E-state index is 5.60. The van der Waals surface area contributed by atoms with E-state index in [4.69, 9.17) is 4.52 Å². The predicted molar refractivity (Wildman–Crippen MR) is 90.9 cm³/mol. The van der Waals surface area contributed by atoms with Crippen LogP contribution < -0.4 is 0 Å². The van der Waals surface area contributed by atoms with Crippen LogP contribution in [0, 0.1) is 6.92 Å². The van der Waals surface area contributed by atoms with Gasteiger partial charge in [0.05, 0.1) is 12.4 Å². The Kier molecular flexibility index (Phi) is 3.12. The van der Waals surface area contributed by atoms with E-state index in [9.17, 15) is 0 Å². The third-order valence-corrected chi connectivity index (χ3v) is 4.63. The van der Waals surface area contributed by atoms with E-state index < -0.39 is 0 Å². The second-order valence-corrected chi connectivity index (χ2v) is 6.31. The molecule has 7 heteroatoms. The molecule has 0 saturated heterocycles. The van der Waals surface area contributed by atoms with Crippen LogP contribution in [0.5, 0.6) is 0 Å². The van der Waals surface area contributed by atoms with Crippen molar-refractivity contribution in [2.75, 3.05) is 0 Å². The largest absolute Gasteiger partial charge is 0.334 e. The second-order valence-electron chi connectivity index (χ2n) is 6.31. The lowest BCUT2D eigenvalue weighted by molar-refractivity contribution is 0.431. The van der Waals surface area contributed by atoms with Crippen molar-refractivity contribution in [3.8, 4) is 23.0 Å². The smallest absolute Gasteiger partial charge is 0.258 e. The van der Waals surface area contributed by atoms with Gasteiger partial charge in [-0.2, -0.15) is 4.98 Å². The van der Waals surface area contributed by atoms with E-state index in [1.807, 2.05) is 23.6 Å². The maximum Gasteiger partial charge on any atom is 0.258 e. The zero-order valence-electron chi connectivity index (χ0n) is 13.8. The molecule has 25 heavy (non-hydrogen) atoms. The molecule has 0 spiro atoms. The topological polar surface area (TPSA) is 82.0 Å². The third-order valence-electron chi connectivity index (χ3n) is 4.63. The molecule has 5 rings (SSSR count). The van der Waals surface area contributed by atoms with Crippen LogP contribution in [-0.2, 0) is 12.8 Å². The molecule has 0 unspecified atom stereocenters. The van der Waals surface area contributed by atoms with E-state index in [2.05, 4.69) is 25.1 Å². The SMILES string of the molecule is Cc1cc(-c2nc(-c3cnc4cnccn34)no2)c2c(n1)CCCC2. The number of hydrogen-bond acceptors (Lipinski definition) is 6. The summed E-state index contributed by atoms with van der Waals surface area (Å²) in [4.78, 5) is 17.7. The summed E-state index contributed by atoms with van der Waals surface area (Å²) in [7, 11) is 0. The summed E-state index contributed by atoms with van der Waals surface area (Å²) in [5.74, 6) is 1.07. The van der Waals surface area contributed by atoms with Gasteiger partial charge in [0.2, 0.25) is 5.82 Å². The van der Waals surface area contributed by atoms with Gasteiger partial charge in [-0.25, -0.2) is 4.98 Å². The monoisotopic (exact) mass is 332 g/mol. The molecule has 7 nitrogen and oxygen atoms in total. The number of aromatic nitrogens is 6. The average Bonchev–Trinajstić information content (AvgIpc) is 3.27. The number of aryl methyl sites for hydroxylation is 2. The molecule has 0 atom stereocenters. The molecule has 1 aliphatic rings. The van der Waals surface area contributed by atoms with Crippen LogP contribution in [0.15, 0.2) is 35.4 Å². The highest BCUT2D eigenvalue weighted by Crippen LogP contribution is 2.31. The zero-order valence-corrected chi connectivity index (χ0v) is 13.8. The molecule has 0 aliphatic heterocycles. The van der Waals surface area contributed by atoms with Gasteiger partial charge >= 0.3 is 0 Å². The molecule has 1 aliphatic carbocycles. The van der Waals surface area contributed by atoms with Crippen LogP contribution in [-0.4, -0.2) is 29.5 Å². The third kappa shape index (κ3) is 2.31. The second kappa shape index (κ2) is 5.47. The molecule has 0 amide bonds. The average molecular weight is 332 g/mol. The van der Waals surface area contributed by atoms with Crippen molar-refractivity contribution in [3.05, 3.63) is 47.8 Å². The maximum atomic E-state index is 5.60. The van der Waals surface area contributed by atoms with Gasteiger partial charge < -0.3 is 4.52 Å². The van der Waals surface area contributed by atoms with Crippen LogP contribution in [0.2, 0.25) is 0 Å². The highest BCUT2D eigenvalue weighted by molar-refractivity contribution is 5.64. The van der Waals surface area contributed by atoms with Crippen LogP contribution in [0.3, 0.4) is 0 Å². The summed E-state index contributed by atoms with van der Waals surface area (Å²) in [6, 6.07) is 2.04. The lowest BCUT2D eigenvalue weighted by Crippen LogP contribution is -2.08. The van der Waals surface area contributed by atoms with Crippen molar-refractivity contribution in [2.24, 2.45) is 0 Å². The van der Waals surface area contributed by atoms with E-state index in [1.165, 1.54) is 24.1 Å². The van der Waals surface area contributed by atoms with Crippen molar-refractivity contribution in [1.29, 1.82) is 0 Å². The summed E-state index contributed by atoms with van der Waals surface area (Å²) in [5.41, 5.74) is 5.94. The minimum atomic E-state index is 0.521. The van der Waals surface area contributed by atoms with Gasteiger partial charge in [-0.1, -0.05) is 5.16 Å². The number of pyridine rings is 1. The fraction of sp³-hybridized carbons (Fsp3) is 0.278. The molecule has 0 fully saturated rings. The van der Waals surface area contributed by atoms with Gasteiger partial charge in [0.15, 0.2) is 5.65 Å². The Balaban J connectivity index is 1.63. The van der Waals surface area contributed by atoms with Gasteiger partial charge in [-0.3, -0.25) is 14.4 Å². The number of rotatable bonds is 2. The molecule has 4 aromatic rings. The van der Waals surface area contributed by atoms with E-state index in [1.54, 1.807) is 18.6 Å². The van der Waals surface area contributed by atoms with Gasteiger partial charge in [0, 0.05) is 29.3 Å². The van der Waals surface area contributed by atoms with Crippen molar-refractivity contribution in [1.82, 2.24) is 29.5 Å². The minimum Gasteiger partial charge on any atom is -0.334 e. The van der Waals surface area contributed by atoms with Crippen molar-refractivity contribution >= 4 is 5.65 Å². The number of hydrogen-bond donors (Lipinski definition) is 0. The Morgan fingerprint density at radius 2 is 2.04 bits per heavy atom. The Morgan fingerprint density at radius 1 is 1.12 bits per heavy atom. The quantitative estimate of drug-likeness (QED) is 0.561. The molecule has 0 bridgehead atoms. The lowest BCUT2D eigenvalue weighted by atomic mass is 9.91. The summed E-state index contributed by atoms with van der Waals surface area (Å²) >= 11 is 0. The Bertz CT molecular complexity index is 1080. The zero-order chi connectivity index (χ0) is 16.8. The molecular formula is C18H16N6O. The minimum absolute atomic E-state index is 0.521. The molecule has 0 N–H and O–H groups in total. The lowest BCUT2D eigenvalue weighted by Gasteiger charge is -2.17. The van der Waals surface area contributed by atoms with E-state index in [-0.39, 0.29) is 0 Å². The van der Waals surface area contributed by atoms with Crippen LogP contribution in [0.4, 0.5) is 0 Å². The summed E-state index contributed by atoms with van der Waals surface area (Å²) in [6.45, 7) is 2.01. The van der Waals surface area contributed by atoms with Crippen molar-refractivity contribution in [2.45, 2.75) is 32.6 Å². The molecule has 4 heterocycles. The molecule has 124 valence electrons. The highest BCUT2D eigenvalue weighted by Gasteiger charge is 2.21. The Labute approximate surface area is 143 Å². The van der Waals surface area contributed by atoms with E-state index in [0.29, 0.717) is 11.7 Å². The Hall–Kier alpha value is -3.09. The molecule has 0 aromatic carbocycles. The molecular weight excluding hydrogens is 316 g/mol. The summed E-state index contributed by atoms with van der Waals surface area (Å²) < 4.78 is 7.50. The molecule has 0 saturated carbocycles. The van der Waals surface area contributed by atoms with E-state index >= 15 is 0 Å². The first-order valence-electron chi connectivity index (χ1n) is 8.40. The fourth-order valence-corrected chi connectivity index (χ4v) is 3.48. The van der Waals surface area contributed by atoms with Crippen LogP contribution in [0.1, 0.15) is 29.8 Å². The predicted octanol–water partition coefficient (Wildman–Crippen LogP) is 3.03. The normalized spacial score (nSPS) is 14.0. The summed E-state index contributed by atoms with van der Waals surface area (Å²) in [5, 5.41) is 4.18. The van der Waals surface area contributed by atoms with Crippen molar-refractivity contribution < 1.29 is 4.52 Å².